The second-order valence-corrected chi connectivity index (χ2v) is 4.01. The molecule has 0 radical (unpaired) electrons. The van der Waals surface area contributed by atoms with Crippen molar-refractivity contribution in [2.45, 2.75) is 39.2 Å². The first-order valence-corrected chi connectivity index (χ1v) is 4.41. The predicted molar refractivity (Wildman–Crippen MR) is 51.1 cm³/mol. The van der Waals surface area contributed by atoms with E-state index in [0.29, 0.717) is 6.42 Å². The Kier molecular flexibility index (Phi) is 4.90. The smallest absolute Gasteiger partial charge is 0.220 e. The van der Waals surface area contributed by atoms with E-state index in [1.54, 1.807) is 0 Å². The van der Waals surface area contributed by atoms with Gasteiger partial charge >= 0.3 is 0 Å². The van der Waals surface area contributed by atoms with Crippen molar-refractivity contribution in [2.75, 3.05) is 13.6 Å². The summed E-state index contributed by atoms with van der Waals surface area (Å²) in [5.74, 6) is 0.137. The molecule has 72 valence electrons. The molecule has 0 aromatic heterocycles. The predicted octanol–water partition coefficient (Wildman–Crippen LogP) is 0.901. The lowest BCUT2D eigenvalue weighted by atomic mass is 10.1. The number of carbonyl (C=O) groups excluding carboxylic acids is 1. The van der Waals surface area contributed by atoms with Gasteiger partial charge in [0.05, 0.1) is 0 Å². The monoisotopic (exact) mass is 172 g/mol. The van der Waals surface area contributed by atoms with Crippen molar-refractivity contribution in [3.05, 3.63) is 0 Å². The Labute approximate surface area is 74.9 Å². The van der Waals surface area contributed by atoms with E-state index < -0.39 is 0 Å². The summed E-state index contributed by atoms with van der Waals surface area (Å²) in [6, 6.07) is 0. The van der Waals surface area contributed by atoms with E-state index in [-0.39, 0.29) is 11.4 Å². The van der Waals surface area contributed by atoms with Crippen molar-refractivity contribution in [2.24, 2.45) is 0 Å². The topological polar surface area (TPSA) is 41.1 Å². The van der Waals surface area contributed by atoms with Gasteiger partial charge in [0, 0.05) is 12.0 Å². The van der Waals surface area contributed by atoms with E-state index in [1.165, 1.54) is 0 Å². The minimum Gasteiger partial charge on any atom is -0.352 e. The van der Waals surface area contributed by atoms with E-state index in [4.69, 9.17) is 0 Å². The third kappa shape index (κ3) is 7.54. The molecule has 0 aliphatic heterocycles. The molecule has 2 N–H and O–H groups in total. The van der Waals surface area contributed by atoms with Crippen molar-refractivity contribution in [1.82, 2.24) is 10.6 Å². The number of hydrogen-bond acceptors (Lipinski definition) is 2. The molecule has 1 amide bonds. The molecule has 0 aromatic rings. The molecule has 0 rings (SSSR count). The fraction of sp³-hybridized carbons (Fsp3) is 0.889. The van der Waals surface area contributed by atoms with Gasteiger partial charge in [0.2, 0.25) is 5.91 Å². The highest BCUT2D eigenvalue weighted by Gasteiger charge is 2.12. The van der Waals surface area contributed by atoms with Crippen LogP contribution in [-0.4, -0.2) is 25.0 Å². The van der Waals surface area contributed by atoms with Crippen LogP contribution < -0.4 is 10.6 Å². The number of nitrogens with one attached hydrogen (secondary N) is 2. The average molecular weight is 172 g/mol. The summed E-state index contributed by atoms with van der Waals surface area (Å²) in [5.41, 5.74) is -0.100. The Hall–Kier alpha value is -0.570. The van der Waals surface area contributed by atoms with Crippen LogP contribution in [0.15, 0.2) is 0 Å². The summed E-state index contributed by atoms with van der Waals surface area (Å²) < 4.78 is 0. The lowest BCUT2D eigenvalue weighted by Crippen LogP contribution is -2.40. The SMILES string of the molecule is CNCCCC(=O)NC(C)(C)C. The van der Waals surface area contributed by atoms with Gasteiger partial charge < -0.3 is 10.6 Å². The van der Waals surface area contributed by atoms with Gasteiger partial charge in [-0.25, -0.2) is 0 Å². The Morgan fingerprint density at radius 3 is 2.33 bits per heavy atom. The molecule has 0 saturated carbocycles. The maximum Gasteiger partial charge on any atom is 0.220 e. The summed E-state index contributed by atoms with van der Waals surface area (Å²) in [7, 11) is 1.89. The summed E-state index contributed by atoms with van der Waals surface area (Å²) in [6.45, 7) is 6.87. The second kappa shape index (κ2) is 5.14. The molecule has 12 heavy (non-hydrogen) atoms. The van der Waals surface area contributed by atoms with Gasteiger partial charge in [-0.05, 0) is 40.8 Å². The molecule has 0 aliphatic rings. The van der Waals surface area contributed by atoms with E-state index >= 15 is 0 Å². The summed E-state index contributed by atoms with van der Waals surface area (Å²) >= 11 is 0. The third-order valence-corrected chi connectivity index (χ3v) is 1.35. The van der Waals surface area contributed by atoms with Crippen molar-refractivity contribution < 1.29 is 4.79 Å². The van der Waals surface area contributed by atoms with Crippen LogP contribution in [0.2, 0.25) is 0 Å². The van der Waals surface area contributed by atoms with Crippen LogP contribution in [-0.2, 0) is 4.79 Å². The molecule has 0 aromatic carbocycles. The molecule has 3 nitrogen and oxygen atoms in total. The first kappa shape index (κ1) is 11.4. The largest absolute Gasteiger partial charge is 0.352 e. The fourth-order valence-electron chi connectivity index (χ4n) is 0.906. The molecule has 0 spiro atoms. The zero-order valence-corrected chi connectivity index (χ0v) is 8.53. The van der Waals surface area contributed by atoms with E-state index in [2.05, 4.69) is 10.6 Å². The fourth-order valence-corrected chi connectivity index (χ4v) is 0.906. The third-order valence-electron chi connectivity index (χ3n) is 1.35. The molecular weight excluding hydrogens is 152 g/mol. The molecule has 0 atom stereocenters. The lowest BCUT2D eigenvalue weighted by molar-refractivity contribution is -0.122. The number of rotatable bonds is 4. The number of hydrogen-bond donors (Lipinski definition) is 2. The summed E-state index contributed by atoms with van der Waals surface area (Å²) in [5, 5.41) is 5.92. The minimum atomic E-state index is -0.100. The van der Waals surface area contributed by atoms with Gasteiger partial charge in [-0.3, -0.25) is 4.79 Å². The van der Waals surface area contributed by atoms with Gasteiger partial charge in [-0.2, -0.15) is 0 Å². The van der Waals surface area contributed by atoms with Crippen LogP contribution in [0.1, 0.15) is 33.6 Å². The molecule has 0 unspecified atom stereocenters. The highest BCUT2D eigenvalue weighted by Crippen LogP contribution is 1.99. The van der Waals surface area contributed by atoms with Crippen LogP contribution in [0, 0.1) is 0 Å². The summed E-state index contributed by atoms with van der Waals surface area (Å²) in [4.78, 5) is 11.2. The van der Waals surface area contributed by atoms with E-state index in [9.17, 15) is 4.79 Å². The first-order valence-electron chi connectivity index (χ1n) is 4.41. The molecular formula is C9H20N2O. The van der Waals surface area contributed by atoms with Crippen molar-refractivity contribution >= 4 is 5.91 Å². The van der Waals surface area contributed by atoms with Crippen molar-refractivity contribution in [3.8, 4) is 0 Å². The number of amides is 1. The van der Waals surface area contributed by atoms with E-state index in [0.717, 1.165) is 13.0 Å². The molecule has 0 heterocycles. The van der Waals surface area contributed by atoms with Gasteiger partial charge in [0.1, 0.15) is 0 Å². The zero-order chi connectivity index (χ0) is 9.61. The highest BCUT2D eigenvalue weighted by molar-refractivity contribution is 5.76. The standard InChI is InChI=1S/C9H20N2O/c1-9(2,3)11-8(12)6-5-7-10-4/h10H,5-7H2,1-4H3,(H,11,12). The Balaban J connectivity index is 3.47. The highest BCUT2D eigenvalue weighted by atomic mass is 16.1. The Bertz CT molecular complexity index is 138. The van der Waals surface area contributed by atoms with Crippen molar-refractivity contribution in [3.63, 3.8) is 0 Å². The lowest BCUT2D eigenvalue weighted by Gasteiger charge is -2.20. The van der Waals surface area contributed by atoms with E-state index in [1.807, 2.05) is 27.8 Å². The van der Waals surface area contributed by atoms with Crippen LogP contribution in [0.25, 0.3) is 0 Å². The van der Waals surface area contributed by atoms with Gasteiger partial charge in [0.25, 0.3) is 0 Å². The first-order chi connectivity index (χ1) is 5.45. The van der Waals surface area contributed by atoms with Crippen LogP contribution in [0.3, 0.4) is 0 Å². The molecule has 3 heteroatoms. The van der Waals surface area contributed by atoms with Crippen LogP contribution in [0.5, 0.6) is 0 Å². The van der Waals surface area contributed by atoms with Crippen LogP contribution in [0.4, 0.5) is 0 Å². The average Bonchev–Trinajstić information content (AvgIpc) is 1.84. The summed E-state index contributed by atoms with van der Waals surface area (Å²) in [6.07, 6.45) is 1.51. The molecule has 0 aliphatic carbocycles. The maximum absolute atomic E-state index is 11.2. The normalized spacial score (nSPS) is 11.3. The van der Waals surface area contributed by atoms with Gasteiger partial charge in [0.15, 0.2) is 0 Å². The molecule has 0 fully saturated rings. The maximum atomic E-state index is 11.2. The second-order valence-electron chi connectivity index (χ2n) is 4.01. The molecule has 0 saturated heterocycles. The Morgan fingerprint density at radius 2 is 1.92 bits per heavy atom. The number of carbonyl (C=O) groups is 1. The Morgan fingerprint density at radius 1 is 1.33 bits per heavy atom. The van der Waals surface area contributed by atoms with Gasteiger partial charge in [-0.15, -0.1) is 0 Å². The molecule has 0 bridgehead atoms. The minimum absolute atomic E-state index is 0.100. The quantitative estimate of drug-likeness (QED) is 0.619. The zero-order valence-electron chi connectivity index (χ0n) is 8.53. The van der Waals surface area contributed by atoms with Gasteiger partial charge in [-0.1, -0.05) is 0 Å². The van der Waals surface area contributed by atoms with Crippen molar-refractivity contribution in [1.29, 1.82) is 0 Å². The van der Waals surface area contributed by atoms with Crippen LogP contribution >= 0.6 is 0 Å².